The summed E-state index contributed by atoms with van der Waals surface area (Å²) in [5, 5.41) is 0. The van der Waals surface area contributed by atoms with E-state index in [1.54, 1.807) is 11.1 Å². The highest BCUT2D eigenvalue weighted by molar-refractivity contribution is 9.11. The van der Waals surface area contributed by atoms with Gasteiger partial charge in [-0.3, -0.25) is 0 Å². The first-order chi connectivity index (χ1) is 5.43. The third-order valence-electron chi connectivity index (χ3n) is 1.14. The van der Waals surface area contributed by atoms with E-state index in [-0.39, 0.29) is 0 Å². The first-order valence-corrected chi connectivity index (χ1v) is 4.17. The van der Waals surface area contributed by atoms with Crippen LogP contribution in [0.4, 0.5) is 0 Å². The highest BCUT2D eigenvalue weighted by atomic mass is 79.9. The molecule has 0 amide bonds. The molecule has 1 aromatic carbocycles. The standard InChI is InChI=1S/C10H7Br/c11-9-5-4-8-10-6-2-1-3-7-10/h1-3,5-7,9H/b9-5-. The Kier molecular flexibility index (Phi) is 3.51. The predicted octanol–water partition coefficient (Wildman–Crippen LogP) is 2.95. The van der Waals surface area contributed by atoms with E-state index < -0.39 is 0 Å². The molecule has 54 valence electrons. The predicted molar refractivity (Wildman–Crippen MR) is 51.4 cm³/mol. The first kappa shape index (κ1) is 8.10. The average Bonchev–Trinajstić information content (AvgIpc) is 2.07. The molecule has 1 rings (SSSR count). The van der Waals surface area contributed by atoms with Crippen molar-refractivity contribution < 1.29 is 0 Å². The van der Waals surface area contributed by atoms with Gasteiger partial charge in [0.05, 0.1) is 0 Å². The molecule has 0 aliphatic heterocycles. The minimum Gasteiger partial charge on any atom is -0.0691 e. The third kappa shape index (κ3) is 3.06. The van der Waals surface area contributed by atoms with E-state index in [1.165, 1.54) is 0 Å². The second-order valence-corrected chi connectivity index (χ2v) is 2.46. The van der Waals surface area contributed by atoms with Gasteiger partial charge in [-0.15, -0.1) is 0 Å². The van der Waals surface area contributed by atoms with Gasteiger partial charge in [-0.05, 0) is 23.2 Å². The molecule has 0 nitrogen and oxygen atoms in total. The summed E-state index contributed by atoms with van der Waals surface area (Å²) in [7, 11) is 0. The van der Waals surface area contributed by atoms with Gasteiger partial charge in [-0.25, -0.2) is 0 Å². The van der Waals surface area contributed by atoms with Crippen LogP contribution in [0, 0.1) is 11.8 Å². The van der Waals surface area contributed by atoms with Gasteiger partial charge in [-0.2, -0.15) is 0 Å². The van der Waals surface area contributed by atoms with Gasteiger partial charge in [0, 0.05) is 5.56 Å². The molecular formula is C10H7Br. The first-order valence-electron chi connectivity index (χ1n) is 3.25. The summed E-state index contributed by atoms with van der Waals surface area (Å²) in [6, 6.07) is 9.89. The molecule has 0 aromatic heterocycles. The van der Waals surface area contributed by atoms with Gasteiger partial charge in [0.15, 0.2) is 0 Å². The zero-order valence-corrected chi connectivity index (χ0v) is 7.51. The number of halogens is 1. The Morgan fingerprint density at radius 2 is 1.91 bits per heavy atom. The van der Waals surface area contributed by atoms with Gasteiger partial charge >= 0.3 is 0 Å². The molecule has 1 aromatic rings. The highest BCUT2D eigenvalue weighted by Gasteiger charge is 1.78. The number of rotatable bonds is 0. The average molecular weight is 207 g/mol. The largest absolute Gasteiger partial charge is 0.0691 e. The van der Waals surface area contributed by atoms with Crippen molar-refractivity contribution in [1.82, 2.24) is 0 Å². The Bertz CT molecular complexity index is 288. The molecule has 0 aliphatic carbocycles. The highest BCUT2D eigenvalue weighted by Crippen LogP contribution is 1.94. The van der Waals surface area contributed by atoms with Gasteiger partial charge in [0.1, 0.15) is 0 Å². The molecule has 0 N–H and O–H groups in total. The summed E-state index contributed by atoms with van der Waals surface area (Å²) in [6.07, 6.45) is 1.76. The lowest BCUT2D eigenvalue weighted by Crippen LogP contribution is -1.68. The zero-order chi connectivity index (χ0) is 7.94. The zero-order valence-electron chi connectivity index (χ0n) is 5.92. The maximum Gasteiger partial charge on any atom is 0.0248 e. The second kappa shape index (κ2) is 4.76. The topological polar surface area (TPSA) is 0 Å². The van der Waals surface area contributed by atoms with E-state index in [1.807, 2.05) is 30.3 Å². The molecule has 0 fully saturated rings. The van der Waals surface area contributed by atoms with Gasteiger partial charge in [0.25, 0.3) is 0 Å². The summed E-state index contributed by atoms with van der Waals surface area (Å²) in [4.78, 5) is 1.74. The summed E-state index contributed by atoms with van der Waals surface area (Å²) in [5.41, 5.74) is 1.04. The maximum atomic E-state index is 3.14. The normalized spacial score (nSPS) is 9.18. The van der Waals surface area contributed by atoms with Gasteiger partial charge in [0.2, 0.25) is 0 Å². The van der Waals surface area contributed by atoms with Crippen LogP contribution in [-0.2, 0) is 0 Å². The molecule has 11 heavy (non-hydrogen) atoms. The molecule has 0 saturated carbocycles. The maximum absolute atomic E-state index is 3.14. The fourth-order valence-electron chi connectivity index (χ4n) is 0.678. The van der Waals surface area contributed by atoms with E-state index in [0.717, 1.165) is 5.56 Å². The lowest BCUT2D eigenvalue weighted by molar-refractivity contribution is 1.65. The van der Waals surface area contributed by atoms with Crippen molar-refractivity contribution in [3.8, 4) is 11.8 Å². The van der Waals surface area contributed by atoms with E-state index >= 15 is 0 Å². The lowest BCUT2D eigenvalue weighted by atomic mass is 10.2. The number of hydrogen-bond acceptors (Lipinski definition) is 0. The van der Waals surface area contributed by atoms with Crippen molar-refractivity contribution in [2.24, 2.45) is 0 Å². The molecule has 0 atom stereocenters. The summed E-state index contributed by atoms with van der Waals surface area (Å²) in [6.45, 7) is 0. The van der Waals surface area contributed by atoms with Crippen LogP contribution in [0.1, 0.15) is 5.56 Å². The van der Waals surface area contributed by atoms with Crippen LogP contribution in [0.2, 0.25) is 0 Å². The van der Waals surface area contributed by atoms with Crippen molar-refractivity contribution in [2.45, 2.75) is 0 Å². The fraction of sp³-hybridized carbons (Fsp3) is 0. The number of allylic oxidation sites excluding steroid dienone is 1. The quantitative estimate of drug-likeness (QED) is 0.573. The van der Waals surface area contributed by atoms with E-state index in [0.29, 0.717) is 0 Å². The summed E-state index contributed by atoms with van der Waals surface area (Å²) in [5.74, 6) is 5.85. The molecule has 0 radical (unpaired) electrons. The molecule has 0 spiro atoms. The van der Waals surface area contributed by atoms with Crippen LogP contribution in [0.25, 0.3) is 0 Å². The SMILES string of the molecule is Br/C=C\C#Cc1ccccc1. The Morgan fingerprint density at radius 1 is 1.18 bits per heavy atom. The fourth-order valence-corrected chi connectivity index (χ4v) is 0.810. The van der Waals surface area contributed by atoms with Crippen molar-refractivity contribution in [3.63, 3.8) is 0 Å². The van der Waals surface area contributed by atoms with Gasteiger partial charge in [-0.1, -0.05) is 46.0 Å². The monoisotopic (exact) mass is 206 g/mol. The third-order valence-corrected chi connectivity index (χ3v) is 1.40. The summed E-state index contributed by atoms with van der Waals surface area (Å²) >= 11 is 3.14. The Hall–Kier alpha value is -1.00. The van der Waals surface area contributed by atoms with Crippen LogP contribution < -0.4 is 0 Å². The van der Waals surface area contributed by atoms with Crippen molar-refractivity contribution >= 4 is 15.9 Å². The Labute approximate surface area is 75.1 Å². The van der Waals surface area contributed by atoms with Crippen molar-refractivity contribution in [3.05, 3.63) is 47.0 Å². The lowest BCUT2D eigenvalue weighted by Gasteiger charge is -1.83. The molecule has 0 heterocycles. The van der Waals surface area contributed by atoms with Crippen LogP contribution >= 0.6 is 15.9 Å². The molecule has 0 unspecified atom stereocenters. The van der Waals surface area contributed by atoms with E-state index in [9.17, 15) is 0 Å². The van der Waals surface area contributed by atoms with Crippen LogP contribution in [0.15, 0.2) is 41.4 Å². The van der Waals surface area contributed by atoms with E-state index in [2.05, 4.69) is 27.8 Å². The van der Waals surface area contributed by atoms with Gasteiger partial charge < -0.3 is 0 Å². The smallest absolute Gasteiger partial charge is 0.0248 e. The van der Waals surface area contributed by atoms with E-state index in [4.69, 9.17) is 0 Å². The van der Waals surface area contributed by atoms with Crippen LogP contribution in [0.3, 0.4) is 0 Å². The number of benzene rings is 1. The molecular weight excluding hydrogens is 200 g/mol. The molecule has 0 bridgehead atoms. The van der Waals surface area contributed by atoms with Crippen molar-refractivity contribution in [2.75, 3.05) is 0 Å². The molecule has 0 saturated heterocycles. The van der Waals surface area contributed by atoms with Crippen LogP contribution in [0.5, 0.6) is 0 Å². The second-order valence-electron chi connectivity index (χ2n) is 1.93. The minimum absolute atomic E-state index is 1.04. The molecule has 0 aliphatic rings. The Morgan fingerprint density at radius 3 is 2.55 bits per heavy atom. The number of hydrogen-bond donors (Lipinski definition) is 0. The van der Waals surface area contributed by atoms with Crippen molar-refractivity contribution in [1.29, 1.82) is 0 Å². The Balaban J connectivity index is 2.74. The van der Waals surface area contributed by atoms with Crippen LogP contribution in [-0.4, -0.2) is 0 Å². The minimum atomic E-state index is 1.04. The molecule has 1 heteroatoms. The summed E-state index contributed by atoms with van der Waals surface area (Å²) < 4.78 is 0.